The Morgan fingerprint density at radius 3 is 1.53 bits per heavy atom. The van der Waals surface area contributed by atoms with E-state index in [-0.39, 0.29) is 0 Å². The van der Waals surface area contributed by atoms with Gasteiger partial charge in [0.2, 0.25) is 0 Å². The fourth-order valence-electron chi connectivity index (χ4n) is 9.21. The van der Waals surface area contributed by atoms with E-state index in [2.05, 4.69) is 217 Å². The van der Waals surface area contributed by atoms with E-state index in [1.807, 2.05) is 11.3 Å². The normalized spacial score (nSPS) is 11.8. The Balaban J connectivity index is 0.997. The van der Waals surface area contributed by atoms with Crippen molar-refractivity contribution in [2.45, 2.75) is 0 Å². The molecule has 1 aromatic heterocycles. The van der Waals surface area contributed by atoms with Crippen LogP contribution in [0.15, 0.2) is 212 Å². The number of fused-ring (bicyclic) bond motifs is 11. The molecule has 0 bridgehead atoms. The molecule has 2 heteroatoms. The van der Waals surface area contributed by atoms with Crippen molar-refractivity contribution >= 4 is 102 Å². The fraction of sp³-hybridized carbons (Fsp3) is 0. The minimum Gasteiger partial charge on any atom is -0.310 e. The van der Waals surface area contributed by atoms with Gasteiger partial charge < -0.3 is 4.90 Å². The minimum atomic E-state index is 1.12. The molecule has 0 aliphatic heterocycles. The highest BCUT2D eigenvalue weighted by Gasteiger charge is 2.19. The first kappa shape index (κ1) is 32.9. The molecule has 0 N–H and O–H groups in total. The molecule has 0 aliphatic carbocycles. The van der Waals surface area contributed by atoms with Crippen LogP contribution < -0.4 is 4.90 Å². The monoisotopic (exact) mass is 753 g/mol. The smallest absolute Gasteiger partial charge is 0.0546 e. The first-order valence-electron chi connectivity index (χ1n) is 19.9. The molecule has 0 saturated carbocycles. The summed E-state index contributed by atoms with van der Waals surface area (Å²) in [6.45, 7) is 0. The largest absolute Gasteiger partial charge is 0.310 e. The highest BCUT2D eigenvalue weighted by molar-refractivity contribution is 7.26. The summed E-state index contributed by atoms with van der Waals surface area (Å²) in [4.78, 5) is 2.46. The Morgan fingerprint density at radius 2 is 0.810 bits per heavy atom. The third kappa shape index (κ3) is 5.23. The first-order valence-corrected chi connectivity index (χ1v) is 20.7. The van der Waals surface area contributed by atoms with Crippen LogP contribution in [-0.2, 0) is 0 Å². The van der Waals surface area contributed by atoms with E-state index in [4.69, 9.17) is 0 Å². The fourth-order valence-corrected chi connectivity index (χ4v) is 10.4. The van der Waals surface area contributed by atoms with E-state index >= 15 is 0 Å². The van der Waals surface area contributed by atoms with E-state index in [1.54, 1.807) is 0 Å². The summed E-state index contributed by atoms with van der Waals surface area (Å²) in [5, 5.41) is 15.3. The first-order chi connectivity index (χ1) is 28.7. The van der Waals surface area contributed by atoms with Gasteiger partial charge in [0.15, 0.2) is 0 Å². The molecule has 58 heavy (non-hydrogen) atoms. The van der Waals surface area contributed by atoms with Gasteiger partial charge in [-0.1, -0.05) is 170 Å². The second-order valence-electron chi connectivity index (χ2n) is 15.3. The standard InChI is InChI=1S/C56H35NS/c1-3-13-44-40(11-1)33-52(48-17-6-5-15-46(44)48)38-23-21-36(22-24-38)37-25-29-42(30-26-37)57(54-34-41-12-2-4-14-45(41)47-16-7-8-18-49(47)54)43-31-27-39-28-32-51-50-19-9-10-20-55(50)58-56(51)53(39)35-43/h1-35H. The van der Waals surface area contributed by atoms with Crippen molar-refractivity contribution in [3.8, 4) is 22.3 Å². The molecule has 0 saturated heterocycles. The Kier molecular flexibility index (Phi) is 7.47. The zero-order valence-electron chi connectivity index (χ0n) is 31.6. The quantitative estimate of drug-likeness (QED) is 0.158. The molecule has 0 fully saturated rings. The Bertz CT molecular complexity index is 3560. The van der Waals surface area contributed by atoms with E-state index in [9.17, 15) is 0 Å². The van der Waals surface area contributed by atoms with Gasteiger partial charge in [-0.3, -0.25) is 0 Å². The van der Waals surface area contributed by atoms with Gasteiger partial charge in [-0.25, -0.2) is 0 Å². The molecular weight excluding hydrogens is 719 g/mol. The van der Waals surface area contributed by atoms with Crippen molar-refractivity contribution in [1.82, 2.24) is 0 Å². The highest BCUT2D eigenvalue weighted by atomic mass is 32.1. The molecule has 0 radical (unpaired) electrons. The average Bonchev–Trinajstić information content (AvgIpc) is 3.69. The van der Waals surface area contributed by atoms with E-state index < -0.39 is 0 Å². The van der Waals surface area contributed by atoms with Gasteiger partial charge in [0.05, 0.1) is 5.69 Å². The number of hydrogen-bond donors (Lipinski definition) is 0. The molecule has 1 nitrogen and oxygen atoms in total. The number of hydrogen-bond acceptors (Lipinski definition) is 2. The maximum atomic E-state index is 2.46. The van der Waals surface area contributed by atoms with Crippen LogP contribution in [0.4, 0.5) is 17.1 Å². The van der Waals surface area contributed by atoms with Gasteiger partial charge in [0.1, 0.15) is 0 Å². The zero-order valence-corrected chi connectivity index (χ0v) is 32.4. The van der Waals surface area contributed by atoms with Crippen LogP contribution in [0, 0.1) is 0 Å². The number of anilines is 3. The van der Waals surface area contributed by atoms with Crippen LogP contribution >= 0.6 is 11.3 Å². The van der Waals surface area contributed by atoms with Gasteiger partial charge in [0, 0.05) is 42.3 Å². The van der Waals surface area contributed by atoms with Gasteiger partial charge in [0.25, 0.3) is 0 Å². The van der Waals surface area contributed by atoms with Gasteiger partial charge in [-0.2, -0.15) is 0 Å². The van der Waals surface area contributed by atoms with Crippen LogP contribution in [0.1, 0.15) is 0 Å². The molecule has 1 heterocycles. The summed E-state index contributed by atoms with van der Waals surface area (Å²) < 4.78 is 2.65. The predicted octanol–water partition coefficient (Wildman–Crippen LogP) is 16.6. The molecule has 12 rings (SSSR count). The Hall–Kier alpha value is -7.26. The summed E-state index contributed by atoms with van der Waals surface area (Å²) in [6, 6.07) is 78.3. The van der Waals surface area contributed by atoms with Gasteiger partial charge >= 0.3 is 0 Å². The molecule has 0 amide bonds. The molecule has 0 aliphatic rings. The lowest BCUT2D eigenvalue weighted by molar-refractivity contribution is 1.31. The topological polar surface area (TPSA) is 3.24 Å². The van der Waals surface area contributed by atoms with E-state index in [0.717, 1.165) is 17.1 Å². The number of nitrogens with zero attached hydrogens (tertiary/aromatic N) is 1. The summed E-state index contributed by atoms with van der Waals surface area (Å²) in [7, 11) is 0. The molecular formula is C56H35NS. The molecule has 11 aromatic carbocycles. The van der Waals surface area contributed by atoms with E-state index in [1.165, 1.54) is 96.3 Å². The maximum Gasteiger partial charge on any atom is 0.0546 e. The second kappa shape index (κ2) is 13.2. The van der Waals surface area contributed by atoms with Crippen LogP contribution in [0.25, 0.3) is 96.3 Å². The van der Waals surface area contributed by atoms with Crippen molar-refractivity contribution in [3.05, 3.63) is 212 Å². The average molecular weight is 754 g/mol. The van der Waals surface area contributed by atoms with Crippen molar-refractivity contribution in [2.24, 2.45) is 0 Å². The Labute approximate surface area is 340 Å². The lowest BCUT2D eigenvalue weighted by Gasteiger charge is -2.28. The molecule has 270 valence electrons. The highest BCUT2D eigenvalue weighted by Crippen LogP contribution is 2.45. The SMILES string of the molecule is c1ccc2c(c1)cc(-c1ccc(-c3ccc(N(c4ccc5ccc6c7ccccc7sc6c5c4)c4cc5ccccc5c5ccccc45)cc3)cc1)c1ccccc12. The summed E-state index contributed by atoms with van der Waals surface area (Å²) >= 11 is 1.89. The molecule has 12 aromatic rings. The number of rotatable bonds is 5. The van der Waals surface area contributed by atoms with Crippen LogP contribution in [-0.4, -0.2) is 0 Å². The van der Waals surface area contributed by atoms with Crippen molar-refractivity contribution in [2.75, 3.05) is 4.90 Å². The van der Waals surface area contributed by atoms with Crippen molar-refractivity contribution < 1.29 is 0 Å². The van der Waals surface area contributed by atoms with Crippen molar-refractivity contribution in [3.63, 3.8) is 0 Å². The summed E-state index contributed by atoms with van der Waals surface area (Å²) in [6.07, 6.45) is 0. The second-order valence-corrected chi connectivity index (χ2v) is 16.3. The molecule has 0 spiro atoms. The van der Waals surface area contributed by atoms with E-state index in [0.29, 0.717) is 0 Å². The maximum absolute atomic E-state index is 2.46. The molecule has 0 atom stereocenters. The number of thiophene rings is 1. The van der Waals surface area contributed by atoms with Crippen molar-refractivity contribution in [1.29, 1.82) is 0 Å². The lowest BCUT2D eigenvalue weighted by atomic mass is 9.92. The summed E-state index contributed by atoms with van der Waals surface area (Å²) in [5.41, 5.74) is 8.28. The Morgan fingerprint density at radius 1 is 0.293 bits per heavy atom. The zero-order chi connectivity index (χ0) is 38.2. The lowest BCUT2D eigenvalue weighted by Crippen LogP contribution is -2.10. The predicted molar refractivity (Wildman–Crippen MR) is 252 cm³/mol. The minimum absolute atomic E-state index is 1.12. The molecule has 0 unspecified atom stereocenters. The van der Waals surface area contributed by atoms with Crippen LogP contribution in [0.5, 0.6) is 0 Å². The number of benzene rings is 11. The van der Waals surface area contributed by atoms with Crippen LogP contribution in [0.2, 0.25) is 0 Å². The third-order valence-corrected chi connectivity index (χ3v) is 13.2. The summed E-state index contributed by atoms with van der Waals surface area (Å²) in [5.74, 6) is 0. The third-order valence-electron chi connectivity index (χ3n) is 12.0. The van der Waals surface area contributed by atoms with Crippen LogP contribution in [0.3, 0.4) is 0 Å². The van der Waals surface area contributed by atoms with Gasteiger partial charge in [-0.05, 0) is 108 Å². The van der Waals surface area contributed by atoms with Gasteiger partial charge in [-0.15, -0.1) is 11.3 Å².